The first-order valence-electron chi connectivity index (χ1n) is 7.20. The minimum absolute atomic E-state index is 0.180. The van der Waals surface area contributed by atoms with Crippen LogP contribution in [-0.2, 0) is 4.79 Å². The first-order chi connectivity index (χ1) is 9.72. The van der Waals surface area contributed by atoms with Crippen LogP contribution >= 0.6 is 0 Å². The minimum Gasteiger partial charge on any atom is -0.366 e. The summed E-state index contributed by atoms with van der Waals surface area (Å²) in [6.07, 6.45) is 0.535. The van der Waals surface area contributed by atoms with E-state index in [9.17, 15) is 9.18 Å². The molecular formula is C15H22FN3O. The number of nitrogens with zero attached hydrogens (tertiary/aromatic N) is 2. The number of rotatable bonds is 5. The van der Waals surface area contributed by atoms with E-state index < -0.39 is 0 Å². The van der Waals surface area contributed by atoms with Crippen LogP contribution in [0.25, 0.3) is 0 Å². The summed E-state index contributed by atoms with van der Waals surface area (Å²) in [6.45, 7) is 6.34. The number of carbonyl (C=O) groups is 1. The molecule has 1 aromatic carbocycles. The van der Waals surface area contributed by atoms with Gasteiger partial charge in [-0.05, 0) is 18.7 Å². The Bertz CT molecular complexity index is 444. The van der Waals surface area contributed by atoms with Crippen LogP contribution < -0.4 is 10.2 Å². The van der Waals surface area contributed by atoms with Gasteiger partial charge in [0.25, 0.3) is 0 Å². The van der Waals surface area contributed by atoms with Crippen molar-refractivity contribution in [2.24, 2.45) is 0 Å². The van der Waals surface area contributed by atoms with E-state index in [1.165, 1.54) is 6.07 Å². The van der Waals surface area contributed by atoms with E-state index in [0.29, 0.717) is 38.3 Å². The van der Waals surface area contributed by atoms with Gasteiger partial charge in [-0.15, -0.1) is 0 Å². The quantitative estimate of drug-likeness (QED) is 0.829. The third-order valence-corrected chi connectivity index (χ3v) is 3.59. The van der Waals surface area contributed by atoms with Gasteiger partial charge in [-0.25, -0.2) is 4.39 Å². The van der Waals surface area contributed by atoms with Gasteiger partial charge in [0.1, 0.15) is 5.82 Å². The smallest absolute Gasteiger partial charge is 0.223 e. The molecule has 0 aromatic heterocycles. The van der Waals surface area contributed by atoms with Gasteiger partial charge in [-0.1, -0.05) is 19.1 Å². The summed E-state index contributed by atoms with van der Waals surface area (Å²) in [4.78, 5) is 15.8. The van der Waals surface area contributed by atoms with E-state index in [0.717, 1.165) is 13.1 Å². The number of halogens is 1. The fourth-order valence-corrected chi connectivity index (χ4v) is 2.44. The predicted molar refractivity (Wildman–Crippen MR) is 78.4 cm³/mol. The summed E-state index contributed by atoms with van der Waals surface area (Å²) >= 11 is 0. The third-order valence-electron chi connectivity index (χ3n) is 3.59. The predicted octanol–water partition coefficient (Wildman–Crippen LogP) is 1.47. The van der Waals surface area contributed by atoms with E-state index >= 15 is 0 Å². The highest BCUT2D eigenvalue weighted by molar-refractivity contribution is 5.76. The molecule has 4 nitrogen and oxygen atoms in total. The van der Waals surface area contributed by atoms with Crippen molar-refractivity contribution in [2.75, 3.05) is 44.2 Å². The molecule has 0 radical (unpaired) electrons. The highest BCUT2D eigenvalue weighted by atomic mass is 19.1. The Morgan fingerprint density at radius 1 is 1.25 bits per heavy atom. The molecule has 110 valence electrons. The second kappa shape index (κ2) is 7.24. The lowest BCUT2D eigenvalue weighted by molar-refractivity contribution is -0.131. The van der Waals surface area contributed by atoms with Crippen LogP contribution in [0.2, 0.25) is 0 Å². The number of hydrogen-bond donors (Lipinski definition) is 1. The molecule has 1 heterocycles. The molecule has 0 atom stereocenters. The van der Waals surface area contributed by atoms with Crippen LogP contribution in [0.1, 0.15) is 13.3 Å². The van der Waals surface area contributed by atoms with Crippen molar-refractivity contribution >= 4 is 11.6 Å². The van der Waals surface area contributed by atoms with Crippen molar-refractivity contribution in [3.8, 4) is 0 Å². The zero-order chi connectivity index (χ0) is 14.4. The number of carbonyl (C=O) groups excluding carboxylic acids is 1. The third kappa shape index (κ3) is 3.70. The lowest BCUT2D eigenvalue weighted by atomic mass is 10.2. The van der Waals surface area contributed by atoms with Crippen molar-refractivity contribution < 1.29 is 9.18 Å². The molecule has 1 amide bonds. The van der Waals surface area contributed by atoms with Gasteiger partial charge in [0, 0.05) is 39.1 Å². The molecule has 1 fully saturated rings. The summed E-state index contributed by atoms with van der Waals surface area (Å²) in [7, 11) is 0. The van der Waals surface area contributed by atoms with Gasteiger partial charge < -0.3 is 15.1 Å². The van der Waals surface area contributed by atoms with Crippen molar-refractivity contribution in [3.63, 3.8) is 0 Å². The Hall–Kier alpha value is -1.62. The number of nitrogens with one attached hydrogen (secondary N) is 1. The van der Waals surface area contributed by atoms with Crippen LogP contribution in [0.3, 0.4) is 0 Å². The molecule has 1 aromatic rings. The molecule has 0 spiro atoms. The van der Waals surface area contributed by atoms with E-state index in [4.69, 9.17) is 0 Å². The van der Waals surface area contributed by atoms with Crippen molar-refractivity contribution in [3.05, 3.63) is 30.1 Å². The Labute approximate surface area is 119 Å². The highest BCUT2D eigenvalue weighted by Gasteiger charge is 2.22. The monoisotopic (exact) mass is 279 g/mol. The van der Waals surface area contributed by atoms with E-state index in [2.05, 4.69) is 5.32 Å². The molecule has 2 rings (SSSR count). The summed E-state index contributed by atoms with van der Waals surface area (Å²) < 4.78 is 13.7. The van der Waals surface area contributed by atoms with Gasteiger partial charge in [-0.2, -0.15) is 0 Å². The molecular weight excluding hydrogens is 257 g/mol. The van der Waals surface area contributed by atoms with Crippen molar-refractivity contribution in [1.29, 1.82) is 0 Å². The molecule has 1 N–H and O–H groups in total. The van der Waals surface area contributed by atoms with Gasteiger partial charge in [0.15, 0.2) is 0 Å². The number of amides is 1. The lowest BCUT2D eigenvalue weighted by Crippen LogP contribution is -2.49. The largest absolute Gasteiger partial charge is 0.366 e. The molecule has 5 heteroatoms. The second-order valence-electron chi connectivity index (χ2n) is 4.92. The Morgan fingerprint density at radius 2 is 1.95 bits per heavy atom. The lowest BCUT2D eigenvalue weighted by Gasteiger charge is -2.36. The Kier molecular flexibility index (Phi) is 5.35. The summed E-state index contributed by atoms with van der Waals surface area (Å²) in [5.41, 5.74) is 0.632. The Morgan fingerprint density at radius 3 is 2.60 bits per heavy atom. The van der Waals surface area contributed by atoms with Crippen LogP contribution in [0.15, 0.2) is 24.3 Å². The summed E-state index contributed by atoms with van der Waals surface area (Å²) in [5, 5.41) is 3.15. The fourth-order valence-electron chi connectivity index (χ4n) is 2.44. The van der Waals surface area contributed by atoms with Gasteiger partial charge in [-0.3, -0.25) is 4.79 Å². The Balaban J connectivity index is 1.83. The normalized spacial score (nSPS) is 15.5. The molecule has 1 aliphatic rings. The maximum atomic E-state index is 13.7. The zero-order valence-corrected chi connectivity index (χ0v) is 11.9. The number of para-hydroxylation sites is 1. The van der Waals surface area contributed by atoms with E-state index in [1.54, 1.807) is 12.1 Å². The molecule has 1 aliphatic heterocycles. The van der Waals surface area contributed by atoms with E-state index in [1.807, 2.05) is 22.8 Å². The number of piperazine rings is 1. The fraction of sp³-hybridized carbons (Fsp3) is 0.533. The van der Waals surface area contributed by atoms with Crippen molar-refractivity contribution in [1.82, 2.24) is 10.2 Å². The maximum absolute atomic E-state index is 13.7. The molecule has 0 unspecified atom stereocenters. The summed E-state index contributed by atoms with van der Waals surface area (Å²) in [6, 6.07) is 6.80. The standard InChI is InChI=1S/C15H22FN3O/c1-2-17-8-7-15(20)19-11-9-18(10-12-19)14-6-4-3-5-13(14)16/h3-6,17H,2,7-12H2,1H3. The van der Waals surface area contributed by atoms with Crippen LogP contribution in [0, 0.1) is 5.82 Å². The minimum atomic E-state index is -0.195. The first kappa shape index (κ1) is 14.8. The summed E-state index contributed by atoms with van der Waals surface area (Å²) in [5.74, 6) is -0.0152. The number of hydrogen-bond acceptors (Lipinski definition) is 3. The molecule has 0 bridgehead atoms. The van der Waals surface area contributed by atoms with Crippen molar-refractivity contribution in [2.45, 2.75) is 13.3 Å². The SMILES string of the molecule is CCNCCC(=O)N1CCN(c2ccccc2F)CC1. The molecule has 0 aliphatic carbocycles. The first-order valence-corrected chi connectivity index (χ1v) is 7.20. The average molecular weight is 279 g/mol. The second-order valence-corrected chi connectivity index (χ2v) is 4.92. The topological polar surface area (TPSA) is 35.6 Å². The zero-order valence-electron chi connectivity index (χ0n) is 11.9. The molecule has 20 heavy (non-hydrogen) atoms. The molecule has 1 saturated heterocycles. The maximum Gasteiger partial charge on any atom is 0.223 e. The number of anilines is 1. The van der Waals surface area contributed by atoms with Crippen LogP contribution in [0.5, 0.6) is 0 Å². The van der Waals surface area contributed by atoms with Gasteiger partial charge >= 0.3 is 0 Å². The van der Waals surface area contributed by atoms with Crippen LogP contribution in [0.4, 0.5) is 10.1 Å². The van der Waals surface area contributed by atoms with E-state index in [-0.39, 0.29) is 11.7 Å². The molecule has 0 saturated carbocycles. The highest BCUT2D eigenvalue weighted by Crippen LogP contribution is 2.20. The van der Waals surface area contributed by atoms with Crippen LogP contribution in [-0.4, -0.2) is 50.1 Å². The number of benzene rings is 1. The van der Waals surface area contributed by atoms with Gasteiger partial charge in [0.05, 0.1) is 5.69 Å². The van der Waals surface area contributed by atoms with Gasteiger partial charge in [0.2, 0.25) is 5.91 Å². The average Bonchev–Trinajstić information content (AvgIpc) is 2.48.